The minimum absolute atomic E-state index is 0.545. The number of anilines is 4. The first-order valence-corrected chi connectivity index (χ1v) is 23.2. The van der Waals surface area contributed by atoms with Crippen molar-refractivity contribution in [2.45, 2.75) is 16.7 Å². The Balaban J connectivity index is 1.88. The third-order valence-corrected chi connectivity index (χ3v) is 22.5. The van der Waals surface area contributed by atoms with Crippen LogP contribution >= 0.6 is 0 Å². The third kappa shape index (κ3) is 3.86. The van der Waals surface area contributed by atoms with E-state index in [2.05, 4.69) is 134 Å². The van der Waals surface area contributed by atoms with Crippen molar-refractivity contribution in [2.75, 3.05) is 76.0 Å². The fourth-order valence-corrected chi connectivity index (χ4v) is 19.0. The molecule has 0 N–H and O–H groups in total. The number of nitrogens with zero attached hydrogens (tertiary/aromatic N) is 4. The van der Waals surface area contributed by atoms with Gasteiger partial charge >= 0.3 is 206 Å². The summed E-state index contributed by atoms with van der Waals surface area (Å²) >= 11 is -2.99. The van der Waals surface area contributed by atoms with E-state index in [-0.39, 0.29) is 0 Å². The summed E-state index contributed by atoms with van der Waals surface area (Å²) in [5, 5.41) is 0. The number of hydrogen-bond donors (Lipinski definition) is 0. The molecule has 0 fully saturated rings. The van der Waals surface area contributed by atoms with E-state index >= 15 is 0 Å². The van der Waals surface area contributed by atoms with Crippen molar-refractivity contribution in [1.29, 1.82) is 0 Å². The molecular formula is C28H40HfN4. The van der Waals surface area contributed by atoms with Crippen molar-refractivity contribution in [3.8, 4) is 0 Å². The molecule has 5 heteroatoms. The second kappa shape index (κ2) is 8.65. The Kier molecular flexibility index (Phi) is 6.32. The van der Waals surface area contributed by atoms with Gasteiger partial charge in [0.15, 0.2) is 0 Å². The number of rotatable bonds is 6. The van der Waals surface area contributed by atoms with Crippen molar-refractivity contribution in [3.63, 3.8) is 0 Å². The van der Waals surface area contributed by atoms with Crippen molar-refractivity contribution < 1.29 is 20.0 Å². The average molecular weight is 611 g/mol. The topological polar surface area (TPSA) is 13.0 Å². The fourth-order valence-electron chi connectivity index (χ4n) is 5.80. The molecule has 0 saturated carbocycles. The minimum atomic E-state index is -2.99. The Morgan fingerprint density at radius 3 is 1.12 bits per heavy atom. The maximum atomic E-state index is 2.67. The monoisotopic (exact) mass is 612 g/mol. The summed E-state index contributed by atoms with van der Waals surface area (Å²) in [6.45, 7) is 0. The van der Waals surface area contributed by atoms with Gasteiger partial charge in [-0.2, -0.15) is 0 Å². The van der Waals surface area contributed by atoms with E-state index in [1.807, 2.05) is 0 Å². The van der Waals surface area contributed by atoms with E-state index < -0.39 is 20.0 Å². The van der Waals surface area contributed by atoms with Crippen LogP contribution in [0.2, 0.25) is 9.36 Å². The zero-order valence-corrected chi connectivity index (χ0v) is 25.7. The number of hydrogen-bond acceptors (Lipinski definition) is 4. The summed E-state index contributed by atoms with van der Waals surface area (Å²) in [5.41, 5.74) is 11.3. The summed E-state index contributed by atoms with van der Waals surface area (Å²) in [7, 11) is 17.4. The van der Waals surface area contributed by atoms with Crippen LogP contribution in [-0.4, -0.2) is 56.4 Å². The maximum absolute atomic E-state index is 2.99. The van der Waals surface area contributed by atoms with Crippen LogP contribution in [0.25, 0.3) is 12.2 Å². The summed E-state index contributed by atoms with van der Waals surface area (Å²) < 4.78 is 6.43. The molecule has 2 unspecified atom stereocenters. The zero-order valence-electron chi connectivity index (χ0n) is 22.1. The molecule has 2 atom stereocenters. The third-order valence-electron chi connectivity index (χ3n) is 7.55. The van der Waals surface area contributed by atoms with E-state index in [1.54, 1.807) is 11.1 Å². The summed E-state index contributed by atoms with van der Waals surface area (Å²) in [5.74, 6) is 0. The Hall–Kier alpha value is -2.01. The first-order chi connectivity index (χ1) is 15.5. The molecule has 0 heterocycles. The van der Waals surface area contributed by atoms with Gasteiger partial charge in [0.1, 0.15) is 0 Å². The summed E-state index contributed by atoms with van der Waals surface area (Å²) in [6, 6.07) is 9.21. The van der Waals surface area contributed by atoms with Crippen LogP contribution in [0.3, 0.4) is 0 Å². The van der Waals surface area contributed by atoms with Crippen molar-refractivity contribution >= 4 is 34.9 Å². The second-order valence-corrected chi connectivity index (χ2v) is 28.5. The molecule has 33 heavy (non-hydrogen) atoms. The van der Waals surface area contributed by atoms with Gasteiger partial charge in [0.05, 0.1) is 0 Å². The zero-order chi connectivity index (χ0) is 24.2. The van der Waals surface area contributed by atoms with Crippen molar-refractivity contribution in [3.05, 3.63) is 58.7 Å². The van der Waals surface area contributed by atoms with Gasteiger partial charge in [-0.3, -0.25) is 0 Å². The molecular weight excluding hydrogens is 571 g/mol. The Morgan fingerprint density at radius 1 is 0.515 bits per heavy atom. The van der Waals surface area contributed by atoms with Gasteiger partial charge in [0.25, 0.3) is 0 Å². The quantitative estimate of drug-likeness (QED) is 0.370. The Labute approximate surface area is 205 Å². The molecule has 0 aliphatic heterocycles. The molecule has 0 spiro atoms. The number of allylic oxidation sites excluding steroid dienone is 2. The number of benzene rings is 2. The average Bonchev–Trinajstić information content (AvgIpc) is 3.37. The molecule has 2 aliphatic rings. The van der Waals surface area contributed by atoms with Crippen LogP contribution < -0.4 is 19.6 Å². The van der Waals surface area contributed by atoms with Crippen LogP contribution in [-0.2, 0) is 20.0 Å². The second-order valence-electron chi connectivity index (χ2n) is 10.9. The Bertz CT molecular complexity index is 1040. The van der Waals surface area contributed by atoms with Gasteiger partial charge in [-0.1, -0.05) is 0 Å². The Morgan fingerprint density at radius 2 is 0.818 bits per heavy atom. The molecule has 176 valence electrons. The normalized spacial score (nSPS) is 18.4. The fraction of sp³-hybridized carbons (Fsp3) is 0.429. The predicted octanol–water partition coefficient (Wildman–Crippen LogP) is 6.04. The standard InChI is InChI=1S/2C13H17N2.2CH3.Hf/c2*1-14(2)12-8-9-13(15(3)4)11-7-5-6-10(11)12;;;/h2*5-9H,1-4H3;2*1H3;. The van der Waals surface area contributed by atoms with Gasteiger partial charge in [-0.25, -0.2) is 0 Å². The molecule has 0 amide bonds. The van der Waals surface area contributed by atoms with E-state index in [0.29, 0.717) is 7.35 Å². The first kappa shape index (κ1) is 24.1. The molecule has 4 nitrogen and oxygen atoms in total. The summed E-state index contributed by atoms with van der Waals surface area (Å²) in [6.07, 6.45) is 9.91. The van der Waals surface area contributed by atoms with Gasteiger partial charge in [-0.05, 0) is 0 Å². The number of fused-ring (bicyclic) bond motifs is 2. The van der Waals surface area contributed by atoms with Crippen molar-refractivity contribution in [1.82, 2.24) is 0 Å². The van der Waals surface area contributed by atoms with Crippen LogP contribution in [0.15, 0.2) is 36.4 Å². The van der Waals surface area contributed by atoms with E-state index in [0.717, 1.165) is 0 Å². The van der Waals surface area contributed by atoms with Gasteiger partial charge < -0.3 is 0 Å². The van der Waals surface area contributed by atoms with E-state index in [4.69, 9.17) is 0 Å². The van der Waals surface area contributed by atoms with Crippen LogP contribution in [0.5, 0.6) is 0 Å². The molecule has 2 aromatic rings. The van der Waals surface area contributed by atoms with Gasteiger partial charge in [0.2, 0.25) is 0 Å². The predicted molar refractivity (Wildman–Crippen MR) is 145 cm³/mol. The van der Waals surface area contributed by atoms with E-state index in [9.17, 15) is 0 Å². The molecule has 4 rings (SSSR count). The van der Waals surface area contributed by atoms with Crippen LogP contribution in [0.4, 0.5) is 22.7 Å². The molecule has 0 saturated heterocycles. The first-order valence-electron chi connectivity index (χ1n) is 11.9. The molecule has 2 aliphatic carbocycles. The molecule has 0 radical (unpaired) electrons. The molecule has 0 bridgehead atoms. The molecule has 2 aromatic carbocycles. The van der Waals surface area contributed by atoms with Crippen LogP contribution in [0, 0.1) is 0 Å². The molecule has 0 aromatic heterocycles. The van der Waals surface area contributed by atoms with Crippen LogP contribution in [0.1, 0.15) is 29.6 Å². The van der Waals surface area contributed by atoms with Gasteiger partial charge in [-0.15, -0.1) is 0 Å². The SMILES string of the molecule is CN(C)c1ccc(N(C)C)c2c1C=C[CH]2[Hf]([CH3])([CH3])[CH]1C=Cc2c(N(C)C)ccc(N(C)C)c21. The van der Waals surface area contributed by atoms with E-state index in [1.165, 1.54) is 33.9 Å². The van der Waals surface area contributed by atoms with Crippen molar-refractivity contribution in [2.24, 2.45) is 0 Å². The van der Waals surface area contributed by atoms with Gasteiger partial charge in [0, 0.05) is 0 Å². The summed E-state index contributed by atoms with van der Waals surface area (Å²) in [4.78, 5) is 9.12.